The van der Waals surface area contributed by atoms with Crippen LogP contribution in [-0.4, -0.2) is 41.9 Å². The summed E-state index contributed by atoms with van der Waals surface area (Å²) in [5.74, 6) is 0.151. The second-order valence-electron chi connectivity index (χ2n) is 2.72. The maximum atomic E-state index is 11.2. The summed E-state index contributed by atoms with van der Waals surface area (Å²) in [6, 6.07) is 0. The number of carbonyl (C=O) groups excluding carboxylic acids is 1. The molecule has 1 aliphatic heterocycles. The van der Waals surface area contributed by atoms with Gasteiger partial charge in [-0.15, -0.1) is 0 Å². The highest BCUT2D eigenvalue weighted by atomic mass is 79.9. The van der Waals surface area contributed by atoms with Gasteiger partial charge >= 0.3 is 0 Å². The van der Waals surface area contributed by atoms with Gasteiger partial charge in [0.05, 0.1) is 10.9 Å². The second-order valence-corrected chi connectivity index (χ2v) is 4.09. The Balaban J connectivity index is 2.27. The Bertz CT molecular complexity index is 155. The zero-order valence-electron chi connectivity index (χ0n) is 6.71. The highest BCUT2D eigenvalue weighted by Gasteiger charge is 2.31. The van der Waals surface area contributed by atoms with Gasteiger partial charge in [-0.1, -0.05) is 15.9 Å². The van der Waals surface area contributed by atoms with Gasteiger partial charge in [0, 0.05) is 20.2 Å². The molecule has 1 saturated heterocycles. The van der Waals surface area contributed by atoms with Crippen LogP contribution in [0.2, 0.25) is 0 Å². The number of ether oxygens (including phenoxy) is 1. The van der Waals surface area contributed by atoms with Crippen LogP contribution < -0.4 is 0 Å². The van der Waals surface area contributed by atoms with Crippen molar-refractivity contribution in [2.45, 2.75) is 17.9 Å². The molecule has 1 fully saturated rings. The van der Waals surface area contributed by atoms with Crippen LogP contribution in [-0.2, 0) is 9.53 Å². The monoisotopic (exact) mass is 221 g/mol. The maximum Gasteiger partial charge on any atom is 0.236 e. The van der Waals surface area contributed by atoms with Crippen molar-refractivity contribution in [3.05, 3.63) is 0 Å². The van der Waals surface area contributed by atoms with Gasteiger partial charge in [0.25, 0.3) is 0 Å². The highest BCUT2D eigenvalue weighted by molar-refractivity contribution is 9.10. The molecule has 0 aromatic heterocycles. The van der Waals surface area contributed by atoms with Gasteiger partial charge in [-0.25, -0.2) is 0 Å². The fourth-order valence-corrected chi connectivity index (χ4v) is 1.31. The van der Waals surface area contributed by atoms with Crippen LogP contribution in [0.5, 0.6) is 0 Å². The van der Waals surface area contributed by atoms with Crippen LogP contribution in [0.15, 0.2) is 0 Å². The average molecular weight is 222 g/mol. The molecule has 0 aromatic rings. The van der Waals surface area contributed by atoms with E-state index in [4.69, 9.17) is 4.74 Å². The summed E-state index contributed by atoms with van der Waals surface area (Å²) < 4.78 is 5.04. The van der Waals surface area contributed by atoms with Crippen molar-refractivity contribution >= 4 is 21.8 Å². The van der Waals surface area contributed by atoms with Crippen LogP contribution in [0.3, 0.4) is 0 Å². The Labute approximate surface area is 74.8 Å². The van der Waals surface area contributed by atoms with Gasteiger partial charge in [-0.2, -0.15) is 0 Å². The van der Waals surface area contributed by atoms with Gasteiger partial charge < -0.3 is 9.64 Å². The lowest BCUT2D eigenvalue weighted by atomic mass is 10.1. The number of amides is 1. The van der Waals surface area contributed by atoms with Crippen molar-refractivity contribution in [3.8, 4) is 0 Å². The first-order valence-electron chi connectivity index (χ1n) is 3.60. The first-order chi connectivity index (χ1) is 5.15. The summed E-state index contributed by atoms with van der Waals surface area (Å²) >= 11 is 3.22. The molecule has 0 aromatic carbocycles. The van der Waals surface area contributed by atoms with Gasteiger partial charge in [0.2, 0.25) is 5.91 Å². The van der Waals surface area contributed by atoms with E-state index in [9.17, 15) is 4.79 Å². The molecule has 0 spiro atoms. The summed E-state index contributed by atoms with van der Waals surface area (Å²) in [4.78, 5) is 12.9. The molecule has 1 heterocycles. The standard InChI is InChI=1S/C7H12BrNO2/c1-5(8)7(10)9-3-6(4-9)11-2/h5-6H,3-4H2,1-2H3. The smallest absolute Gasteiger partial charge is 0.236 e. The molecule has 0 bridgehead atoms. The molecule has 1 unspecified atom stereocenters. The van der Waals surface area contributed by atoms with E-state index in [2.05, 4.69) is 15.9 Å². The first-order valence-corrected chi connectivity index (χ1v) is 4.52. The van der Waals surface area contributed by atoms with Gasteiger partial charge in [-0.3, -0.25) is 4.79 Å². The van der Waals surface area contributed by atoms with Crippen LogP contribution in [0.4, 0.5) is 0 Å². The lowest BCUT2D eigenvalue weighted by molar-refractivity contribution is -0.141. The van der Waals surface area contributed by atoms with Crippen molar-refractivity contribution in [3.63, 3.8) is 0 Å². The molecule has 1 atom stereocenters. The Kier molecular flexibility index (Phi) is 2.90. The summed E-state index contributed by atoms with van der Waals surface area (Å²) in [6.45, 7) is 3.32. The number of nitrogens with zero attached hydrogens (tertiary/aromatic N) is 1. The number of hydrogen-bond donors (Lipinski definition) is 0. The molecule has 4 heteroatoms. The van der Waals surface area contributed by atoms with E-state index in [1.807, 2.05) is 6.92 Å². The Morgan fingerprint density at radius 2 is 2.27 bits per heavy atom. The summed E-state index contributed by atoms with van der Waals surface area (Å²) in [7, 11) is 1.67. The van der Waals surface area contributed by atoms with Crippen molar-refractivity contribution in [1.82, 2.24) is 4.90 Å². The molecule has 1 aliphatic rings. The fraction of sp³-hybridized carbons (Fsp3) is 0.857. The SMILES string of the molecule is COC1CN(C(=O)C(C)Br)C1. The van der Waals surface area contributed by atoms with Gasteiger partial charge in [-0.05, 0) is 6.92 Å². The van der Waals surface area contributed by atoms with Crippen LogP contribution in [0.25, 0.3) is 0 Å². The molecular weight excluding hydrogens is 210 g/mol. The lowest BCUT2D eigenvalue weighted by Crippen LogP contribution is -2.56. The lowest BCUT2D eigenvalue weighted by Gasteiger charge is -2.38. The molecule has 0 radical (unpaired) electrons. The van der Waals surface area contributed by atoms with Crippen molar-refractivity contribution in [2.24, 2.45) is 0 Å². The second kappa shape index (κ2) is 3.54. The Morgan fingerprint density at radius 3 is 2.64 bits per heavy atom. The number of methoxy groups -OCH3 is 1. The summed E-state index contributed by atoms with van der Waals surface area (Å²) in [6.07, 6.45) is 0.255. The number of carbonyl (C=O) groups is 1. The van der Waals surface area contributed by atoms with Crippen LogP contribution >= 0.6 is 15.9 Å². The Hall–Kier alpha value is -0.0900. The minimum absolute atomic E-state index is 0.0692. The third kappa shape index (κ3) is 1.93. The predicted molar refractivity (Wildman–Crippen MR) is 45.8 cm³/mol. The molecule has 11 heavy (non-hydrogen) atoms. The third-order valence-electron chi connectivity index (χ3n) is 1.83. The van der Waals surface area contributed by atoms with Crippen molar-refractivity contribution < 1.29 is 9.53 Å². The van der Waals surface area contributed by atoms with E-state index in [1.165, 1.54) is 0 Å². The molecule has 3 nitrogen and oxygen atoms in total. The van der Waals surface area contributed by atoms with Crippen LogP contribution in [0, 0.1) is 0 Å². The van der Waals surface area contributed by atoms with E-state index < -0.39 is 0 Å². The minimum Gasteiger partial charge on any atom is -0.378 e. The highest BCUT2D eigenvalue weighted by Crippen LogP contribution is 2.14. The summed E-state index contributed by atoms with van der Waals surface area (Å²) in [5, 5.41) is 0. The molecule has 0 saturated carbocycles. The predicted octanol–water partition coefficient (Wildman–Crippen LogP) is 0.627. The van der Waals surface area contributed by atoms with E-state index >= 15 is 0 Å². The van der Waals surface area contributed by atoms with Crippen molar-refractivity contribution in [1.29, 1.82) is 0 Å². The number of likely N-dealkylation sites (tertiary alicyclic amines) is 1. The number of rotatable bonds is 2. The summed E-state index contributed by atoms with van der Waals surface area (Å²) in [5.41, 5.74) is 0. The molecular formula is C7H12BrNO2. The Morgan fingerprint density at radius 1 is 1.73 bits per heavy atom. The fourth-order valence-electron chi connectivity index (χ4n) is 1.02. The van der Waals surface area contributed by atoms with E-state index in [0.29, 0.717) is 0 Å². The molecule has 64 valence electrons. The zero-order chi connectivity index (χ0) is 8.43. The molecule has 1 amide bonds. The topological polar surface area (TPSA) is 29.5 Å². The third-order valence-corrected chi connectivity index (χ3v) is 2.23. The molecule has 1 rings (SSSR count). The van der Waals surface area contributed by atoms with Crippen LogP contribution in [0.1, 0.15) is 6.92 Å². The quantitative estimate of drug-likeness (QED) is 0.641. The molecule has 0 N–H and O–H groups in total. The van der Waals surface area contributed by atoms with Gasteiger partial charge in [0.15, 0.2) is 0 Å². The van der Waals surface area contributed by atoms with E-state index in [-0.39, 0.29) is 16.8 Å². The minimum atomic E-state index is -0.0692. The maximum absolute atomic E-state index is 11.2. The van der Waals surface area contributed by atoms with Gasteiger partial charge in [0.1, 0.15) is 0 Å². The van der Waals surface area contributed by atoms with E-state index in [0.717, 1.165) is 13.1 Å². The zero-order valence-corrected chi connectivity index (χ0v) is 8.30. The van der Waals surface area contributed by atoms with E-state index in [1.54, 1.807) is 12.0 Å². The largest absolute Gasteiger partial charge is 0.378 e. The number of halogens is 1. The average Bonchev–Trinajstić information content (AvgIpc) is 1.85. The molecule has 0 aliphatic carbocycles. The first kappa shape index (κ1) is 9.00. The van der Waals surface area contributed by atoms with Crippen molar-refractivity contribution in [2.75, 3.05) is 20.2 Å². The number of hydrogen-bond acceptors (Lipinski definition) is 2. The normalized spacial score (nSPS) is 21.2. The number of alkyl halides is 1.